The third-order valence-corrected chi connectivity index (χ3v) is 6.35. The van der Waals surface area contributed by atoms with E-state index in [4.69, 9.17) is 0 Å². The summed E-state index contributed by atoms with van der Waals surface area (Å²) in [4.78, 5) is 12.3. The highest BCUT2D eigenvalue weighted by Crippen LogP contribution is 2.28. The van der Waals surface area contributed by atoms with E-state index in [0.717, 1.165) is 25.7 Å². The van der Waals surface area contributed by atoms with Crippen LogP contribution in [-0.4, -0.2) is 26.6 Å². The Hall–Kier alpha value is -1.56. The number of nitrogens with zero attached hydrogens (tertiary/aromatic N) is 1. The molecule has 5 nitrogen and oxygen atoms in total. The Kier molecular flexibility index (Phi) is 4.38. The largest absolute Gasteiger partial charge is 0.326 e. The molecule has 22 heavy (non-hydrogen) atoms. The van der Waals surface area contributed by atoms with E-state index >= 15 is 0 Å². The molecule has 1 aromatic rings. The molecule has 1 amide bonds. The third kappa shape index (κ3) is 3.27. The van der Waals surface area contributed by atoms with Gasteiger partial charge in [-0.1, -0.05) is 25.3 Å². The van der Waals surface area contributed by atoms with Crippen LogP contribution in [0.1, 0.15) is 38.5 Å². The second-order valence-electron chi connectivity index (χ2n) is 6.12. The predicted octanol–water partition coefficient (Wildman–Crippen LogP) is 2.75. The van der Waals surface area contributed by atoms with Gasteiger partial charge in [-0.15, -0.1) is 0 Å². The molecule has 1 aromatic carbocycles. The van der Waals surface area contributed by atoms with Crippen molar-refractivity contribution in [2.24, 2.45) is 5.92 Å². The van der Waals surface area contributed by atoms with Crippen molar-refractivity contribution in [1.82, 2.24) is 0 Å². The van der Waals surface area contributed by atoms with Crippen LogP contribution >= 0.6 is 0 Å². The summed E-state index contributed by atoms with van der Waals surface area (Å²) in [6.07, 6.45) is 6.00. The van der Waals surface area contributed by atoms with Gasteiger partial charge in [-0.25, -0.2) is 8.42 Å². The molecule has 3 rings (SSSR count). The molecule has 1 heterocycles. The number of carbonyl (C=O) groups is 1. The molecule has 0 spiro atoms. The molecule has 0 radical (unpaired) electrons. The Bertz CT molecular complexity index is 651. The van der Waals surface area contributed by atoms with Crippen LogP contribution < -0.4 is 9.62 Å². The quantitative estimate of drug-likeness (QED) is 0.930. The van der Waals surface area contributed by atoms with Gasteiger partial charge >= 0.3 is 0 Å². The van der Waals surface area contributed by atoms with Gasteiger partial charge in [0.15, 0.2) is 0 Å². The van der Waals surface area contributed by atoms with Gasteiger partial charge in [0.2, 0.25) is 15.9 Å². The number of anilines is 2. The second-order valence-corrected chi connectivity index (χ2v) is 8.13. The van der Waals surface area contributed by atoms with Crippen molar-refractivity contribution in [3.8, 4) is 0 Å². The maximum absolute atomic E-state index is 12.3. The number of rotatable bonds is 3. The van der Waals surface area contributed by atoms with Gasteiger partial charge < -0.3 is 5.32 Å². The van der Waals surface area contributed by atoms with Crippen molar-refractivity contribution < 1.29 is 13.2 Å². The lowest BCUT2D eigenvalue weighted by Crippen LogP contribution is -2.26. The fourth-order valence-corrected chi connectivity index (χ4v) is 4.83. The number of sulfonamides is 1. The van der Waals surface area contributed by atoms with E-state index in [1.807, 2.05) is 6.07 Å². The summed E-state index contributed by atoms with van der Waals surface area (Å²) in [6.45, 7) is 0.516. The molecule has 2 aliphatic rings. The average molecular weight is 322 g/mol. The summed E-state index contributed by atoms with van der Waals surface area (Å²) in [5.41, 5.74) is 1.31. The smallest absolute Gasteiger partial charge is 0.235 e. The van der Waals surface area contributed by atoms with Crippen LogP contribution in [0.5, 0.6) is 0 Å². The summed E-state index contributed by atoms with van der Waals surface area (Å²) in [7, 11) is -3.19. The first-order chi connectivity index (χ1) is 10.6. The van der Waals surface area contributed by atoms with Gasteiger partial charge in [-0.2, -0.15) is 0 Å². The standard InChI is InChI=1S/C16H22N2O3S/c19-16(13-6-2-1-3-7-13)17-14-8-4-9-15(12-14)18-10-5-11-22(18,20)21/h4,8-9,12-13H,1-3,5-7,10-11H2,(H,17,19). The fourth-order valence-electron chi connectivity index (χ4n) is 3.28. The van der Waals surface area contributed by atoms with E-state index < -0.39 is 10.0 Å². The van der Waals surface area contributed by atoms with Crippen LogP contribution in [0.4, 0.5) is 11.4 Å². The number of carbonyl (C=O) groups excluding carboxylic acids is 1. The summed E-state index contributed by atoms with van der Waals surface area (Å²) in [5.74, 6) is 0.347. The van der Waals surface area contributed by atoms with Gasteiger partial charge in [-0.3, -0.25) is 9.10 Å². The topological polar surface area (TPSA) is 66.5 Å². The van der Waals surface area contributed by atoms with Crippen molar-refractivity contribution in [2.75, 3.05) is 21.9 Å². The molecular weight excluding hydrogens is 300 g/mol. The minimum Gasteiger partial charge on any atom is -0.326 e. The monoisotopic (exact) mass is 322 g/mol. The predicted molar refractivity (Wildman–Crippen MR) is 87.4 cm³/mol. The molecular formula is C16H22N2O3S. The highest BCUT2D eigenvalue weighted by Gasteiger charge is 2.28. The zero-order valence-electron chi connectivity index (χ0n) is 12.6. The van der Waals surface area contributed by atoms with Crippen molar-refractivity contribution in [1.29, 1.82) is 0 Å². The number of benzene rings is 1. The lowest BCUT2D eigenvalue weighted by Gasteiger charge is -2.21. The van der Waals surface area contributed by atoms with E-state index in [1.165, 1.54) is 10.7 Å². The first kappa shape index (κ1) is 15.3. The van der Waals surface area contributed by atoms with Gasteiger partial charge in [0.1, 0.15) is 0 Å². The molecule has 120 valence electrons. The van der Waals surface area contributed by atoms with Gasteiger partial charge in [0.05, 0.1) is 11.4 Å². The molecule has 0 atom stereocenters. The van der Waals surface area contributed by atoms with Crippen LogP contribution in [0.3, 0.4) is 0 Å². The van der Waals surface area contributed by atoms with Gasteiger partial charge in [0, 0.05) is 18.2 Å². The summed E-state index contributed by atoms with van der Waals surface area (Å²) in [5, 5.41) is 2.94. The van der Waals surface area contributed by atoms with E-state index in [2.05, 4.69) is 5.32 Å². The Balaban J connectivity index is 1.72. The molecule has 1 aliphatic carbocycles. The SMILES string of the molecule is O=C(Nc1cccc(N2CCCS2(=O)=O)c1)C1CCCCC1. The minimum absolute atomic E-state index is 0.0566. The molecule has 1 saturated heterocycles. The van der Waals surface area contributed by atoms with E-state index in [-0.39, 0.29) is 17.6 Å². The van der Waals surface area contributed by atoms with Crippen molar-refractivity contribution >= 4 is 27.3 Å². The lowest BCUT2D eigenvalue weighted by molar-refractivity contribution is -0.120. The van der Waals surface area contributed by atoms with Crippen molar-refractivity contribution in [3.63, 3.8) is 0 Å². The minimum atomic E-state index is -3.19. The van der Waals surface area contributed by atoms with Crippen molar-refractivity contribution in [3.05, 3.63) is 24.3 Å². The van der Waals surface area contributed by atoms with Crippen LogP contribution in [0.2, 0.25) is 0 Å². The Morgan fingerprint density at radius 2 is 1.91 bits per heavy atom. The number of amides is 1. The number of nitrogens with one attached hydrogen (secondary N) is 1. The average Bonchev–Trinajstić information content (AvgIpc) is 2.88. The highest BCUT2D eigenvalue weighted by molar-refractivity contribution is 7.93. The molecule has 1 N–H and O–H groups in total. The normalized spacial score (nSPS) is 21.7. The molecule has 0 unspecified atom stereocenters. The zero-order valence-corrected chi connectivity index (χ0v) is 13.4. The Labute approximate surface area is 131 Å². The molecule has 0 aromatic heterocycles. The third-order valence-electron chi connectivity index (χ3n) is 4.48. The van der Waals surface area contributed by atoms with E-state index in [9.17, 15) is 13.2 Å². The van der Waals surface area contributed by atoms with Crippen LogP contribution in [-0.2, 0) is 14.8 Å². The maximum atomic E-state index is 12.3. The maximum Gasteiger partial charge on any atom is 0.235 e. The van der Waals surface area contributed by atoms with Crippen LogP contribution in [0.15, 0.2) is 24.3 Å². The molecule has 2 fully saturated rings. The molecule has 0 bridgehead atoms. The number of hydrogen-bond donors (Lipinski definition) is 1. The second kappa shape index (κ2) is 6.28. The van der Waals surface area contributed by atoms with E-state index in [1.54, 1.807) is 18.2 Å². The summed E-state index contributed by atoms with van der Waals surface area (Å²) >= 11 is 0. The zero-order chi connectivity index (χ0) is 15.6. The van der Waals surface area contributed by atoms with Gasteiger partial charge in [0.25, 0.3) is 0 Å². The van der Waals surface area contributed by atoms with E-state index in [0.29, 0.717) is 24.3 Å². The first-order valence-electron chi connectivity index (χ1n) is 7.98. The summed E-state index contributed by atoms with van der Waals surface area (Å²) in [6, 6.07) is 7.13. The van der Waals surface area contributed by atoms with Crippen molar-refractivity contribution in [2.45, 2.75) is 38.5 Å². The summed E-state index contributed by atoms with van der Waals surface area (Å²) < 4.78 is 25.4. The van der Waals surface area contributed by atoms with Crippen LogP contribution in [0.25, 0.3) is 0 Å². The Morgan fingerprint density at radius 3 is 2.59 bits per heavy atom. The molecule has 6 heteroatoms. The lowest BCUT2D eigenvalue weighted by atomic mass is 9.88. The first-order valence-corrected chi connectivity index (χ1v) is 9.58. The van der Waals surface area contributed by atoms with Gasteiger partial charge in [-0.05, 0) is 37.5 Å². The van der Waals surface area contributed by atoms with Crippen LogP contribution in [0, 0.1) is 5.92 Å². The molecule has 1 aliphatic heterocycles. The Morgan fingerprint density at radius 1 is 1.14 bits per heavy atom. The highest BCUT2D eigenvalue weighted by atomic mass is 32.2. The number of hydrogen-bond acceptors (Lipinski definition) is 3. The molecule has 1 saturated carbocycles. The fraction of sp³-hybridized carbons (Fsp3) is 0.562.